The molecule has 0 saturated carbocycles. The zero-order chi connectivity index (χ0) is 24.5. The number of amides is 1. The summed E-state index contributed by atoms with van der Waals surface area (Å²) in [7, 11) is -3.36. The highest BCUT2D eigenvalue weighted by Gasteiger charge is 2.22. The predicted molar refractivity (Wildman–Crippen MR) is 133 cm³/mol. The largest absolute Gasteiger partial charge is 0.368 e. The molecule has 174 valence electrons. The van der Waals surface area contributed by atoms with Crippen LogP contribution in [0, 0.1) is 17.3 Å². The minimum absolute atomic E-state index is 0.0780. The first-order chi connectivity index (χ1) is 16.1. The number of nitrogens with two attached hydrogens (primary N) is 1. The van der Waals surface area contributed by atoms with Crippen LogP contribution in [0.15, 0.2) is 55.0 Å². The van der Waals surface area contributed by atoms with E-state index in [2.05, 4.69) is 26.6 Å². The highest BCUT2D eigenvalue weighted by molar-refractivity contribution is 7.92. The van der Waals surface area contributed by atoms with Crippen molar-refractivity contribution < 1.29 is 13.2 Å². The second-order valence-electron chi connectivity index (χ2n) is 8.56. The third kappa shape index (κ3) is 4.72. The van der Waals surface area contributed by atoms with Crippen LogP contribution in [0.4, 0.5) is 5.69 Å². The first kappa shape index (κ1) is 23.3. The molecule has 3 N–H and O–H groups in total. The van der Waals surface area contributed by atoms with Crippen molar-refractivity contribution in [3.63, 3.8) is 0 Å². The molecule has 0 aliphatic carbocycles. The minimum Gasteiger partial charge on any atom is -0.368 e. The van der Waals surface area contributed by atoms with Crippen molar-refractivity contribution in [1.82, 2.24) is 14.6 Å². The molecule has 2 aromatic carbocycles. The van der Waals surface area contributed by atoms with Crippen LogP contribution in [0.2, 0.25) is 0 Å². The molecule has 0 aliphatic rings. The number of carbonyl (C=O) groups is 1. The lowest BCUT2D eigenvalue weighted by molar-refractivity contribution is -0.123. The molecule has 0 radical (unpaired) electrons. The average Bonchev–Trinajstić information content (AvgIpc) is 3.22. The van der Waals surface area contributed by atoms with E-state index in [1.807, 2.05) is 37.3 Å². The third-order valence-corrected chi connectivity index (χ3v) is 6.93. The number of anilines is 1. The summed E-state index contributed by atoms with van der Waals surface area (Å²) in [6.45, 7) is 5.16. The van der Waals surface area contributed by atoms with Gasteiger partial charge in [-0.05, 0) is 60.7 Å². The van der Waals surface area contributed by atoms with Crippen molar-refractivity contribution in [1.29, 1.82) is 0 Å². The molecule has 0 saturated heterocycles. The molecule has 9 heteroatoms. The van der Waals surface area contributed by atoms with Gasteiger partial charge in [-0.15, -0.1) is 0 Å². The maximum atomic E-state index is 12.1. The molecule has 0 aliphatic heterocycles. The number of hydrogen-bond donors (Lipinski definition) is 2. The molecule has 1 amide bonds. The van der Waals surface area contributed by atoms with Crippen molar-refractivity contribution in [2.45, 2.75) is 27.2 Å². The number of sulfonamides is 1. The molecular weight excluding hydrogens is 450 g/mol. The Morgan fingerprint density at radius 2 is 1.91 bits per heavy atom. The van der Waals surface area contributed by atoms with Crippen LogP contribution in [-0.2, 0) is 14.8 Å². The third-order valence-electron chi connectivity index (χ3n) is 5.44. The summed E-state index contributed by atoms with van der Waals surface area (Å²) in [5, 5.41) is 6.27. The number of fused-ring (bicyclic) bond motifs is 2. The van der Waals surface area contributed by atoms with Crippen LogP contribution in [-0.4, -0.2) is 34.7 Å². The topological polar surface area (TPSA) is 119 Å². The zero-order valence-corrected chi connectivity index (χ0v) is 20.0. The molecule has 2 heterocycles. The van der Waals surface area contributed by atoms with Gasteiger partial charge in [-0.25, -0.2) is 17.9 Å². The van der Waals surface area contributed by atoms with Gasteiger partial charge in [0.1, 0.15) is 16.6 Å². The molecule has 2 aromatic heterocycles. The van der Waals surface area contributed by atoms with E-state index in [-0.39, 0.29) is 5.75 Å². The van der Waals surface area contributed by atoms with Crippen molar-refractivity contribution in [3.05, 3.63) is 60.7 Å². The average molecular weight is 476 g/mol. The van der Waals surface area contributed by atoms with E-state index in [9.17, 15) is 13.2 Å². The van der Waals surface area contributed by atoms with E-state index < -0.39 is 21.3 Å². The first-order valence-electron chi connectivity index (χ1n) is 10.8. The SMILES string of the molecule is CCCS(=O)(=O)Nc1ccc2cc(-c3cnn4ccnc(C#CC(C)(C)C(N)=O)c34)ccc2c1. The fourth-order valence-corrected chi connectivity index (χ4v) is 4.62. The summed E-state index contributed by atoms with van der Waals surface area (Å²) >= 11 is 0. The van der Waals surface area contributed by atoms with Crippen molar-refractivity contribution in [2.24, 2.45) is 11.1 Å². The molecule has 0 bridgehead atoms. The number of benzene rings is 2. The van der Waals surface area contributed by atoms with Gasteiger partial charge in [-0.3, -0.25) is 9.52 Å². The highest BCUT2D eigenvalue weighted by atomic mass is 32.2. The molecular formula is C25H25N5O3S. The Hall–Kier alpha value is -3.90. The van der Waals surface area contributed by atoms with Crippen molar-refractivity contribution in [3.8, 4) is 23.0 Å². The van der Waals surface area contributed by atoms with E-state index in [0.717, 1.165) is 27.4 Å². The molecule has 34 heavy (non-hydrogen) atoms. The molecule has 4 rings (SSSR count). The van der Waals surface area contributed by atoms with Crippen molar-refractivity contribution in [2.75, 3.05) is 10.5 Å². The highest BCUT2D eigenvalue weighted by Crippen LogP contribution is 2.30. The Balaban J connectivity index is 1.75. The molecule has 8 nitrogen and oxygen atoms in total. The van der Waals surface area contributed by atoms with Crippen molar-refractivity contribution >= 4 is 37.9 Å². The normalized spacial score (nSPS) is 11.9. The molecule has 0 spiro atoms. The molecule has 0 atom stereocenters. The lowest BCUT2D eigenvalue weighted by Crippen LogP contribution is -2.29. The summed E-state index contributed by atoms with van der Waals surface area (Å²) in [5.74, 6) is 5.48. The number of carbonyl (C=O) groups excluding carboxylic acids is 1. The summed E-state index contributed by atoms with van der Waals surface area (Å²) < 4.78 is 28.5. The second-order valence-corrected chi connectivity index (χ2v) is 10.4. The van der Waals surface area contributed by atoms with Crippen LogP contribution in [0.3, 0.4) is 0 Å². The predicted octanol–water partition coefficient (Wildman–Crippen LogP) is 3.56. The zero-order valence-electron chi connectivity index (χ0n) is 19.2. The summed E-state index contributed by atoms with van der Waals surface area (Å²) in [4.78, 5) is 16.0. The van der Waals surface area contributed by atoms with E-state index in [0.29, 0.717) is 17.8 Å². The lowest BCUT2D eigenvalue weighted by atomic mass is 9.93. The monoisotopic (exact) mass is 475 g/mol. The second kappa shape index (κ2) is 8.80. The van der Waals surface area contributed by atoms with Gasteiger partial charge in [0.15, 0.2) is 0 Å². The van der Waals surface area contributed by atoms with E-state index in [1.54, 1.807) is 43.0 Å². The Morgan fingerprint density at radius 3 is 2.65 bits per heavy atom. The molecule has 0 unspecified atom stereocenters. The van der Waals surface area contributed by atoms with Crippen LogP contribution in [0.1, 0.15) is 32.9 Å². The van der Waals surface area contributed by atoms with Gasteiger partial charge in [-0.1, -0.05) is 31.0 Å². The van der Waals surface area contributed by atoms with Gasteiger partial charge in [0.25, 0.3) is 0 Å². The molecule has 4 aromatic rings. The van der Waals surface area contributed by atoms with E-state index in [1.165, 1.54) is 0 Å². The Bertz CT molecular complexity index is 1580. The summed E-state index contributed by atoms with van der Waals surface area (Å²) in [5.41, 5.74) is 7.94. The van der Waals surface area contributed by atoms with Crippen LogP contribution in [0.25, 0.3) is 27.4 Å². The van der Waals surface area contributed by atoms with Crippen LogP contribution < -0.4 is 10.5 Å². The van der Waals surface area contributed by atoms with Crippen LogP contribution in [0.5, 0.6) is 0 Å². The number of aromatic nitrogens is 3. The quantitative estimate of drug-likeness (QED) is 0.413. The maximum Gasteiger partial charge on any atom is 0.235 e. The fraction of sp³-hybridized carbons (Fsp3) is 0.240. The van der Waals surface area contributed by atoms with Gasteiger partial charge in [-0.2, -0.15) is 5.10 Å². The van der Waals surface area contributed by atoms with E-state index >= 15 is 0 Å². The van der Waals surface area contributed by atoms with Gasteiger partial charge < -0.3 is 5.73 Å². The Morgan fingerprint density at radius 1 is 1.18 bits per heavy atom. The fourth-order valence-electron chi connectivity index (χ4n) is 3.50. The number of primary amides is 1. The van der Waals surface area contributed by atoms with Gasteiger partial charge in [0.05, 0.1) is 11.9 Å². The Kier molecular flexibility index (Phi) is 6.02. The minimum atomic E-state index is -3.36. The Labute approximate surface area is 198 Å². The lowest BCUT2D eigenvalue weighted by Gasteiger charge is -2.11. The summed E-state index contributed by atoms with van der Waals surface area (Å²) in [6, 6.07) is 11.3. The standard InChI is InChI=1S/C25H25N5O3S/c1-4-13-34(32,33)29-20-8-7-17-14-19(6-5-18(17)15-20)21-16-28-30-12-11-27-22(23(21)30)9-10-25(2,3)24(26)31/h5-8,11-12,14-16,29H,4,13H2,1-3H3,(H2,26,31). The molecule has 0 fully saturated rings. The number of hydrogen-bond acceptors (Lipinski definition) is 5. The van der Waals surface area contributed by atoms with Gasteiger partial charge >= 0.3 is 0 Å². The number of nitrogens with one attached hydrogen (secondary N) is 1. The number of nitrogens with zero attached hydrogens (tertiary/aromatic N) is 3. The smallest absolute Gasteiger partial charge is 0.235 e. The van der Waals surface area contributed by atoms with Gasteiger partial charge in [0, 0.05) is 23.6 Å². The maximum absolute atomic E-state index is 12.1. The number of rotatable bonds is 6. The van der Waals surface area contributed by atoms with Crippen LogP contribution >= 0.6 is 0 Å². The van der Waals surface area contributed by atoms with Gasteiger partial charge in [0.2, 0.25) is 15.9 Å². The van der Waals surface area contributed by atoms with E-state index in [4.69, 9.17) is 5.73 Å². The summed E-state index contributed by atoms with van der Waals surface area (Å²) in [6.07, 6.45) is 5.63. The first-order valence-corrected chi connectivity index (χ1v) is 12.4.